The second kappa shape index (κ2) is 9.22. The van der Waals surface area contributed by atoms with Crippen molar-refractivity contribution in [2.45, 2.75) is 32.7 Å². The second-order valence-electron chi connectivity index (χ2n) is 6.16. The monoisotopic (exact) mass is 361 g/mol. The van der Waals surface area contributed by atoms with Gasteiger partial charge in [0, 0.05) is 20.0 Å². The van der Waals surface area contributed by atoms with Crippen molar-refractivity contribution in [1.82, 2.24) is 15.5 Å². The minimum Gasteiger partial charge on any atom is -0.494 e. The van der Waals surface area contributed by atoms with Gasteiger partial charge < -0.3 is 20.3 Å². The summed E-state index contributed by atoms with van der Waals surface area (Å²) in [6.45, 7) is 4.86. The van der Waals surface area contributed by atoms with Gasteiger partial charge in [-0.1, -0.05) is 12.1 Å². The number of ether oxygens (including phenoxy) is 1. The van der Waals surface area contributed by atoms with Crippen molar-refractivity contribution in [3.8, 4) is 5.75 Å². The van der Waals surface area contributed by atoms with Gasteiger partial charge in [-0.05, 0) is 38.0 Å². The van der Waals surface area contributed by atoms with Crippen LogP contribution in [-0.2, 0) is 14.4 Å². The van der Waals surface area contributed by atoms with E-state index in [1.54, 1.807) is 4.90 Å². The predicted octanol–water partition coefficient (Wildman–Crippen LogP) is 1.25. The molecule has 1 fully saturated rings. The topological polar surface area (TPSA) is 87.7 Å². The molecule has 0 saturated carbocycles. The maximum Gasteiger partial charge on any atom is 0.239 e. The lowest BCUT2D eigenvalue weighted by molar-refractivity contribution is -0.143. The highest BCUT2D eigenvalue weighted by molar-refractivity contribution is 5.88. The molecule has 0 spiro atoms. The number of likely N-dealkylation sites (tertiary alicyclic amines) is 1. The molecule has 0 bridgehead atoms. The molecule has 26 heavy (non-hydrogen) atoms. The normalized spacial score (nSPS) is 19.8. The Hall–Kier alpha value is -2.57. The predicted molar refractivity (Wildman–Crippen MR) is 97.5 cm³/mol. The van der Waals surface area contributed by atoms with E-state index in [0.29, 0.717) is 26.0 Å². The highest BCUT2D eigenvalue weighted by Gasteiger charge is 2.39. The van der Waals surface area contributed by atoms with Gasteiger partial charge in [-0.3, -0.25) is 14.4 Å². The smallest absolute Gasteiger partial charge is 0.239 e. The molecule has 1 heterocycles. The third-order valence-corrected chi connectivity index (χ3v) is 4.62. The molecule has 1 aromatic rings. The summed E-state index contributed by atoms with van der Waals surface area (Å²) < 4.78 is 5.47. The minimum atomic E-state index is -0.393. The number of nitrogens with one attached hydrogen (secondary N) is 2. The standard InChI is InChI=1S/C19H27N3O4/c1-4-22-17(24)11-10-15(19(25)21-12-16(23)20-3)18(22)13-6-8-14(9-7-13)26-5-2/h6-9,15,18H,4-5,10-12H2,1-3H3,(H,20,23)(H,21,25)/t15-,18+/m1/s1. The Morgan fingerprint density at radius 2 is 1.92 bits per heavy atom. The Morgan fingerprint density at radius 1 is 1.23 bits per heavy atom. The van der Waals surface area contributed by atoms with Gasteiger partial charge in [-0.15, -0.1) is 0 Å². The summed E-state index contributed by atoms with van der Waals surface area (Å²) >= 11 is 0. The van der Waals surface area contributed by atoms with E-state index >= 15 is 0 Å². The molecular formula is C19H27N3O4. The number of hydrogen-bond acceptors (Lipinski definition) is 4. The van der Waals surface area contributed by atoms with Crippen LogP contribution in [0.5, 0.6) is 5.75 Å². The van der Waals surface area contributed by atoms with Crippen molar-refractivity contribution in [3.63, 3.8) is 0 Å². The highest BCUT2D eigenvalue weighted by atomic mass is 16.5. The van der Waals surface area contributed by atoms with E-state index in [1.165, 1.54) is 7.05 Å². The zero-order valence-corrected chi connectivity index (χ0v) is 15.6. The molecule has 1 aliphatic rings. The van der Waals surface area contributed by atoms with E-state index in [4.69, 9.17) is 4.74 Å². The van der Waals surface area contributed by atoms with Gasteiger partial charge in [0.1, 0.15) is 5.75 Å². The summed E-state index contributed by atoms with van der Waals surface area (Å²) in [5, 5.41) is 5.16. The zero-order chi connectivity index (χ0) is 19.1. The molecule has 1 aromatic carbocycles. The third kappa shape index (κ3) is 4.53. The lowest BCUT2D eigenvalue weighted by Crippen LogP contribution is -2.49. The zero-order valence-electron chi connectivity index (χ0n) is 15.6. The fourth-order valence-corrected chi connectivity index (χ4v) is 3.33. The fraction of sp³-hybridized carbons (Fsp3) is 0.526. The first-order chi connectivity index (χ1) is 12.5. The van der Waals surface area contributed by atoms with Crippen molar-refractivity contribution in [1.29, 1.82) is 0 Å². The van der Waals surface area contributed by atoms with Gasteiger partial charge >= 0.3 is 0 Å². The molecule has 142 valence electrons. The Balaban J connectivity index is 2.25. The summed E-state index contributed by atoms with van der Waals surface area (Å²) in [7, 11) is 1.52. The number of carbonyl (C=O) groups is 3. The first-order valence-corrected chi connectivity index (χ1v) is 9.02. The molecule has 0 radical (unpaired) electrons. The maximum absolute atomic E-state index is 12.7. The van der Waals surface area contributed by atoms with Gasteiger partial charge in [-0.2, -0.15) is 0 Å². The molecule has 7 heteroatoms. The highest BCUT2D eigenvalue weighted by Crippen LogP contribution is 2.37. The molecule has 0 aromatic heterocycles. The number of nitrogens with zero attached hydrogens (tertiary/aromatic N) is 1. The molecule has 0 aliphatic carbocycles. The van der Waals surface area contributed by atoms with E-state index in [1.807, 2.05) is 38.1 Å². The van der Waals surface area contributed by atoms with Crippen LogP contribution in [0.3, 0.4) is 0 Å². The largest absolute Gasteiger partial charge is 0.494 e. The fourth-order valence-electron chi connectivity index (χ4n) is 3.33. The van der Waals surface area contributed by atoms with Gasteiger partial charge in [0.2, 0.25) is 17.7 Å². The summed E-state index contributed by atoms with van der Waals surface area (Å²) in [6.07, 6.45) is 0.798. The number of amides is 3. The minimum absolute atomic E-state index is 0.0433. The number of rotatable bonds is 7. The van der Waals surface area contributed by atoms with Crippen molar-refractivity contribution in [2.24, 2.45) is 5.92 Å². The van der Waals surface area contributed by atoms with E-state index in [0.717, 1.165) is 11.3 Å². The molecule has 0 unspecified atom stereocenters. The van der Waals surface area contributed by atoms with E-state index in [9.17, 15) is 14.4 Å². The van der Waals surface area contributed by atoms with Crippen molar-refractivity contribution >= 4 is 17.7 Å². The summed E-state index contributed by atoms with van der Waals surface area (Å²) in [5.41, 5.74) is 0.892. The quantitative estimate of drug-likeness (QED) is 0.765. The van der Waals surface area contributed by atoms with Crippen molar-refractivity contribution in [3.05, 3.63) is 29.8 Å². The SMILES string of the molecule is CCOc1ccc([C@H]2[C@H](C(=O)NCC(=O)NC)CCC(=O)N2CC)cc1. The van der Waals surface area contributed by atoms with Crippen LogP contribution < -0.4 is 15.4 Å². The molecule has 1 aliphatic heterocycles. The molecule has 3 amide bonds. The van der Waals surface area contributed by atoms with Crippen LogP contribution in [0.25, 0.3) is 0 Å². The van der Waals surface area contributed by atoms with Crippen LogP contribution in [0, 0.1) is 5.92 Å². The Labute approximate surface area is 154 Å². The molecule has 2 rings (SSSR count). The number of hydrogen-bond donors (Lipinski definition) is 2. The van der Waals surface area contributed by atoms with Crippen LogP contribution in [0.4, 0.5) is 0 Å². The molecule has 2 N–H and O–H groups in total. The van der Waals surface area contributed by atoms with Crippen LogP contribution in [0.2, 0.25) is 0 Å². The molecule has 2 atom stereocenters. The third-order valence-electron chi connectivity index (χ3n) is 4.62. The Kier molecular flexibility index (Phi) is 7.00. The van der Waals surface area contributed by atoms with Gasteiger partial charge in [0.05, 0.1) is 25.1 Å². The van der Waals surface area contributed by atoms with E-state index in [2.05, 4.69) is 10.6 Å². The van der Waals surface area contributed by atoms with Crippen LogP contribution in [-0.4, -0.2) is 49.4 Å². The molecular weight excluding hydrogens is 334 g/mol. The van der Waals surface area contributed by atoms with Crippen molar-refractivity contribution < 1.29 is 19.1 Å². The van der Waals surface area contributed by atoms with Crippen LogP contribution in [0.1, 0.15) is 38.3 Å². The number of likely N-dealkylation sites (N-methyl/N-ethyl adjacent to an activating group) is 1. The first-order valence-electron chi connectivity index (χ1n) is 9.02. The average Bonchev–Trinajstić information content (AvgIpc) is 2.66. The van der Waals surface area contributed by atoms with E-state index in [-0.39, 0.29) is 30.3 Å². The lowest BCUT2D eigenvalue weighted by atomic mass is 9.83. The Bertz CT molecular complexity index is 645. The average molecular weight is 361 g/mol. The van der Waals surface area contributed by atoms with Gasteiger partial charge in [0.25, 0.3) is 0 Å². The number of piperidine rings is 1. The van der Waals surface area contributed by atoms with Crippen molar-refractivity contribution in [2.75, 3.05) is 26.7 Å². The summed E-state index contributed by atoms with van der Waals surface area (Å²) in [6, 6.07) is 7.16. The second-order valence-corrected chi connectivity index (χ2v) is 6.16. The van der Waals surface area contributed by atoms with Gasteiger partial charge in [-0.25, -0.2) is 0 Å². The lowest BCUT2D eigenvalue weighted by Gasteiger charge is -2.40. The van der Waals surface area contributed by atoms with Gasteiger partial charge in [0.15, 0.2) is 0 Å². The Morgan fingerprint density at radius 3 is 2.50 bits per heavy atom. The van der Waals surface area contributed by atoms with Crippen LogP contribution in [0.15, 0.2) is 24.3 Å². The number of carbonyl (C=O) groups excluding carboxylic acids is 3. The summed E-state index contributed by atoms with van der Waals surface area (Å²) in [4.78, 5) is 38.2. The molecule has 7 nitrogen and oxygen atoms in total. The van der Waals surface area contributed by atoms with E-state index < -0.39 is 5.92 Å². The first kappa shape index (κ1) is 19.8. The van der Waals surface area contributed by atoms with Crippen LogP contribution >= 0.6 is 0 Å². The summed E-state index contributed by atoms with van der Waals surface area (Å²) in [5.74, 6) is -0.0623. The maximum atomic E-state index is 12.7. The number of benzene rings is 1. The molecule has 1 saturated heterocycles.